The Kier molecular flexibility index (Phi) is 4.35. The molecular weight excluding hydrogens is 250 g/mol. The third-order valence-electron chi connectivity index (χ3n) is 3.34. The normalized spacial score (nSPS) is 17.1. The molecule has 0 aromatic heterocycles. The standard InChI is InChI=1S/C14H18F2N2O/c1-10(14(19)18-7-3-2-4-8-18)17-13-9-11(15)5-6-12(13)16/h5-6,9-10,17H,2-4,7-8H2,1H3. The fraction of sp³-hybridized carbons (Fsp3) is 0.500. The van der Waals surface area contributed by atoms with Gasteiger partial charge in [-0.05, 0) is 44.4 Å². The van der Waals surface area contributed by atoms with Gasteiger partial charge in [0.15, 0.2) is 0 Å². The van der Waals surface area contributed by atoms with Crippen LogP contribution in [0.15, 0.2) is 18.2 Å². The summed E-state index contributed by atoms with van der Waals surface area (Å²) in [4.78, 5) is 13.9. The molecule has 1 aromatic carbocycles. The van der Waals surface area contributed by atoms with Crippen LogP contribution in [0.5, 0.6) is 0 Å². The number of amides is 1. The van der Waals surface area contributed by atoms with Crippen molar-refractivity contribution in [2.75, 3.05) is 18.4 Å². The Bertz CT molecular complexity index is 459. The van der Waals surface area contributed by atoms with E-state index in [0.717, 1.165) is 50.6 Å². The van der Waals surface area contributed by atoms with Crippen LogP contribution < -0.4 is 5.32 Å². The lowest BCUT2D eigenvalue weighted by molar-refractivity contribution is -0.132. The number of carbonyl (C=O) groups excluding carboxylic acids is 1. The van der Waals surface area contributed by atoms with E-state index in [1.165, 1.54) is 0 Å². The van der Waals surface area contributed by atoms with Gasteiger partial charge in [0.2, 0.25) is 5.91 Å². The van der Waals surface area contributed by atoms with Gasteiger partial charge in [0.05, 0.1) is 5.69 Å². The van der Waals surface area contributed by atoms with Crippen molar-refractivity contribution in [1.29, 1.82) is 0 Å². The fourth-order valence-electron chi connectivity index (χ4n) is 2.29. The smallest absolute Gasteiger partial charge is 0.244 e. The highest BCUT2D eigenvalue weighted by molar-refractivity contribution is 5.84. The van der Waals surface area contributed by atoms with Crippen LogP contribution in [-0.4, -0.2) is 29.9 Å². The van der Waals surface area contributed by atoms with Gasteiger partial charge in [-0.3, -0.25) is 4.79 Å². The number of likely N-dealkylation sites (tertiary alicyclic amines) is 1. The average molecular weight is 268 g/mol. The average Bonchev–Trinajstić information content (AvgIpc) is 2.43. The molecule has 0 spiro atoms. The lowest BCUT2D eigenvalue weighted by Gasteiger charge is -2.29. The number of benzene rings is 1. The van der Waals surface area contributed by atoms with E-state index in [1.807, 2.05) is 0 Å². The summed E-state index contributed by atoms with van der Waals surface area (Å²) < 4.78 is 26.5. The number of nitrogens with zero attached hydrogens (tertiary/aromatic N) is 1. The number of hydrogen-bond donors (Lipinski definition) is 1. The molecule has 19 heavy (non-hydrogen) atoms. The van der Waals surface area contributed by atoms with E-state index in [9.17, 15) is 13.6 Å². The second-order valence-corrected chi connectivity index (χ2v) is 4.88. The number of hydrogen-bond acceptors (Lipinski definition) is 2. The molecule has 1 unspecified atom stereocenters. The van der Waals surface area contributed by atoms with Crippen molar-refractivity contribution in [2.45, 2.75) is 32.2 Å². The van der Waals surface area contributed by atoms with Gasteiger partial charge in [-0.15, -0.1) is 0 Å². The molecule has 1 fully saturated rings. The van der Waals surface area contributed by atoms with Crippen LogP contribution in [0.3, 0.4) is 0 Å². The van der Waals surface area contributed by atoms with Crippen LogP contribution in [-0.2, 0) is 4.79 Å². The van der Waals surface area contributed by atoms with Crippen LogP contribution in [0.25, 0.3) is 0 Å². The molecule has 104 valence electrons. The summed E-state index contributed by atoms with van der Waals surface area (Å²) in [5.74, 6) is -1.15. The largest absolute Gasteiger partial charge is 0.371 e. The van der Waals surface area contributed by atoms with Crippen molar-refractivity contribution in [1.82, 2.24) is 4.90 Å². The Morgan fingerprint density at radius 3 is 2.63 bits per heavy atom. The molecule has 0 radical (unpaired) electrons. The molecule has 0 aliphatic carbocycles. The van der Waals surface area contributed by atoms with E-state index in [2.05, 4.69) is 5.32 Å². The maximum Gasteiger partial charge on any atom is 0.244 e. The van der Waals surface area contributed by atoms with Crippen LogP contribution in [0.2, 0.25) is 0 Å². The first-order valence-corrected chi connectivity index (χ1v) is 6.58. The molecule has 2 rings (SSSR count). The molecule has 1 aliphatic rings. The lowest BCUT2D eigenvalue weighted by atomic mass is 10.1. The Labute approximate surface area is 111 Å². The predicted molar refractivity (Wildman–Crippen MR) is 69.9 cm³/mol. The Morgan fingerprint density at radius 2 is 1.95 bits per heavy atom. The Balaban J connectivity index is 2.01. The first-order chi connectivity index (χ1) is 9.08. The molecule has 0 saturated carbocycles. The van der Waals surface area contributed by atoms with Crippen molar-refractivity contribution in [3.05, 3.63) is 29.8 Å². The monoisotopic (exact) mass is 268 g/mol. The molecule has 0 bridgehead atoms. The van der Waals surface area contributed by atoms with Crippen molar-refractivity contribution < 1.29 is 13.6 Å². The summed E-state index contributed by atoms with van der Waals surface area (Å²) in [6, 6.07) is 2.61. The van der Waals surface area contributed by atoms with E-state index in [-0.39, 0.29) is 11.6 Å². The van der Waals surface area contributed by atoms with Gasteiger partial charge in [-0.2, -0.15) is 0 Å². The van der Waals surface area contributed by atoms with E-state index in [4.69, 9.17) is 0 Å². The van der Waals surface area contributed by atoms with Gasteiger partial charge in [-0.25, -0.2) is 8.78 Å². The summed E-state index contributed by atoms with van der Waals surface area (Å²) in [7, 11) is 0. The van der Waals surface area contributed by atoms with Crippen LogP contribution in [0.1, 0.15) is 26.2 Å². The maximum absolute atomic E-state index is 13.5. The third-order valence-corrected chi connectivity index (χ3v) is 3.34. The van der Waals surface area contributed by atoms with Gasteiger partial charge in [0, 0.05) is 13.1 Å². The molecule has 1 aliphatic heterocycles. The van der Waals surface area contributed by atoms with E-state index in [0.29, 0.717) is 0 Å². The highest BCUT2D eigenvalue weighted by Crippen LogP contribution is 2.17. The fourth-order valence-corrected chi connectivity index (χ4v) is 2.29. The topological polar surface area (TPSA) is 32.3 Å². The van der Waals surface area contributed by atoms with Gasteiger partial charge in [0.1, 0.15) is 17.7 Å². The minimum Gasteiger partial charge on any atom is -0.371 e. The zero-order valence-electron chi connectivity index (χ0n) is 11.0. The first-order valence-electron chi connectivity index (χ1n) is 6.58. The van der Waals surface area contributed by atoms with Crippen molar-refractivity contribution >= 4 is 11.6 Å². The number of nitrogens with one attached hydrogen (secondary N) is 1. The molecule has 5 heteroatoms. The van der Waals surface area contributed by atoms with Gasteiger partial charge < -0.3 is 10.2 Å². The summed E-state index contributed by atoms with van der Waals surface area (Å²) >= 11 is 0. The lowest BCUT2D eigenvalue weighted by Crippen LogP contribution is -2.44. The van der Waals surface area contributed by atoms with Gasteiger partial charge in [-0.1, -0.05) is 0 Å². The molecule has 1 aromatic rings. The summed E-state index contributed by atoms with van der Waals surface area (Å²) in [5, 5.41) is 2.74. The number of piperidine rings is 1. The molecule has 1 saturated heterocycles. The number of halogens is 2. The Hall–Kier alpha value is -1.65. The second kappa shape index (κ2) is 5.99. The van der Waals surface area contributed by atoms with E-state index < -0.39 is 17.7 Å². The van der Waals surface area contributed by atoms with Crippen LogP contribution in [0, 0.1) is 11.6 Å². The molecule has 3 nitrogen and oxygen atoms in total. The highest BCUT2D eigenvalue weighted by Gasteiger charge is 2.22. The van der Waals surface area contributed by atoms with Crippen LogP contribution in [0.4, 0.5) is 14.5 Å². The summed E-state index contributed by atoms with van der Waals surface area (Å²) in [5.41, 5.74) is 0.0258. The summed E-state index contributed by atoms with van der Waals surface area (Å²) in [6.45, 7) is 3.16. The second-order valence-electron chi connectivity index (χ2n) is 4.88. The predicted octanol–water partition coefficient (Wildman–Crippen LogP) is 2.78. The zero-order valence-corrected chi connectivity index (χ0v) is 11.0. The molecule has 1 N–H and O–H groups in total. The third kappa shape index (κ3) is 3.43. The molecule has 1 amide bonds. The Morgan fingerprint density at radius 1 is 1.26 bits per heavy atom. The molecule has 1 heterocycles. The SMILES string of the molecule is CC(Nc1cc(F)ccc1F)C(=O)N1CCCCC1. The van der Waals surface area contributed by atoms with Gasteiger partial charge >= 0.3 is 0 Å². The van der Waals surface area contributed by atoms with Crippen LogP contribution >= 0.6 is 0 Å². The number of anilines is 1. The zero-order chi connectivity index (χ0) is 13.8. The van der Waals surface area contributed by atoms with Crippen molar-refractivity contribution in [3.63, 3.8) is 0 Å². The number of rotatable bonds is 3. The minimum atomic E-state index is -0.561. The molecular formula is C14H18F2N2O. The minimum absolute atomic E-state index is 0.0258. The van der Waals surface area contributed by atoms with Crippen molar-refractivity contribution in [3.8, 4) is 0 Å². The molecule has 1 atom stereocenters. The van der Waals surface area contributed by atoms with E-state index >= 15 is 0 Å². The van der Waals surface area contributed by atoms with E-state index in [1.54, 1.807) is 11.8 Å². The first kappa shape index (κ1) is 13.8. The highest BCUT2D eigenvalue weighted by atomic mass is 19.1. The quantitative estimate of drug-likeness (QED) is 0.914. The van der Waals surface area contributed by atoms with Gasteiger partial charge in [0.25, 0.3) is 0 Å². The summed E-state index contributed by atoms with van der Waals surface area (Å²) in [6.07, 6.45) is 3.16. The number of carbonyl (C=O) groups is 1. The van der Waals surface area contributed by atoms with Crippen molar-refractivity contribution in [2.24, 2.45) is 0 Å². The maximum atomic E-state index is 13.5.